The monoisotopic (exact) mass is 537 g/mol. The number of nitrogens with one attached hydrogen (secondary N) is 1. The Morgan fingerprint density at radius 1 is 1.14 bits per heavy atom. The van der Waals surface area contributed by atoms with E-state index in [9.17, 15) is 23.1 Å². The van der Waals surface area contributed by atoms with Crippen LogP contribution in [0.3, 0.4) is 0 Å². The van der Waals surface area contributed by atoms with Gasteiger partial charge in [0.15, 0.2) is 11.6 Å². The highest BCUT2D eigenvalue weighted by Gasteiger charge is 2.35. The van der Waals surface area contributed by atoms with E-state index in [1.54, 1.807) is 32.1 Å². The van der Waals surface area contributed by atoms with E-state index in [1.807, 2.05) is 18.2 Å². The predicted molar refractivity (Wildman–Crippen MR) is 138 cm³/mol. The highest BCUT2D eigenvalue weighted by atomic mass is 28.3. The third-order valence-corrected chi connectivity index (χ3v) is 7.57. The summed E-state index contributed by atoms with van der Waals surface area (Å²) in [5, 5.41) is 12.3. The van der Waals surface area contributed by atoms with Crippen LogP contribution in [-0.2, 0) is 27.2 Å². The highest BCUT2D eigenvalue weighted by molar-refractivity contribution is 6.76. The van der Waals surface area contributed by atoms with E-state index in [-0.39, 0.29) is 19.2 Å². The Kier molecular flexibility index (Phi) is 8.58. The molecular weight excluding hydrogens is 503 g/mol. The van der Waals surface area contributed by atoms with Crippen molar-refractivity contribution in [2.45, 2.75) is 52.4 Å². The summed E-state index contributed by atoms with van der Waals surface area (Å²) in [5.74, 6) is -0.272. The number of hydrogen-bond donors (Lipinski definition) is 2. The van der Waals surface area contributed by atoms with Crippen LogP contribution in [-0.4, -0.2) is 48.5 Å². The van der Waals surface area contributed by atoms with Crippen molar-refractivity contribution >= 4 is 19.6 Å². The van der Waals surface area contributed by atoms with Crippen molar-refractivity contribution in [1.82, 2.24) is 14.9 Å². The van der Waals surface area contributed by atoms with Crippen LogP contribution in [0.2, 0.25) is 25.7 Å². The Morgan fingerprint density at radius 3 is 2.32 bits per heavy atom. The third kappa shape index (κ3) is 7.96. The summed E-state index contributed by atoms with van der Waals surface area (Å²) >= 11 is 0. The summed E-state index contributed by atoms with van der Waals surface area (Å²) in [6.07, 6.45) is 0.0282. The SMILES string of the molecule is CC(C)(COC1=CC=C(c2ccc(-c3nc(C(F)(F)F)cn3COCC[Si](C)(C)C)cc2)CN1)C(=O)O. The molecule has 0 bridgehead atoms. The fourth-order valence-electron chi connectivity index (χ4n) is 3.35. The van der Waals surface area contributed by atoms with Gasteiger partial charge in [-0.05, 0) is 37.1 Å². The second-order valence-corrected chi connectivity index (χ2v) is 16.5. The number of allylic oxidation sites excluding steroid dienone is 2. The van der Waals surface area contributed by atoms with E-state index in [0.29, 0.717) is 24.6 Å². The van der Waals surface area contributed by atoms with Gasteiger partial charge in [-0.15, -0.1) is 0 Å². The van der Waals surface area contributed by atoms with Gasteiger partial charge in [-0.3, -0.25) is 4.79 Å². The van der Waals surface area contributed by atoms with Crippen LogP contribution < -0.4 is 5.32 Å². The van der Waals surface area contributed by atoms with Crippen molar-refractivity contribution in [3.05, 3.63) is 59.8 Å². The molecule has 0 atom stereocenters. The molecule has 0 unspecified atom stereocenters. The first kappa shape index (κ1) is 28.5. The van der Waals surface area contributed by atoms with Gasteiger partial charge in [-0.2, -0.15) is 13.2 Å². The number of nitrogens with zero attached hydrogens (tertiary/aromatic N) is 2. The molecule has 1 aromatic heterocycles. The molecule has 37 heavy (non-hydrogen) atoms. The van der Waals surface area contributed by atoms with Crippen molar-refractivity contribution in [1.29, 1.82) is 0 Å². The summed E-state index contributed by atoms with van der Waals surface area (Å²) in [4.78, 5) is 15.1. The number of alkyl halides is 3. The van der Waals surface area contributed by atoms with Gasteiger partial charge in [0.2, 0.25) is 0 Å². The van der Waals surface area contributed by atoms with Gasteiger partial charge < -0.3 is 24.5 Å². The van der Waals surface area contributed by atoms with Crippen molar-refractivity contribution in [3.63, 3.8) is 0 Å². The molecule has 1 aliphatic heterocycles. The maximum Gasteiger partial charge on any atom is 0.434 e. The van der Waals surface area contributed by atoms with Crippen LogP contribution >= 0.6 is 0 Å². The van der Waals surface area contributed by atoms with Crippen LogP contribution in [0.4, 0.5) is 13.2 Å². The Hall–Kier alpha value is -3.05. The number of ether oxygens (including phenoxy) is 2. The lowest BCUT2D eigenvalue weighted by Crippen LogP contribution is -2.31. The molecule has 2 N–H and O–H groups in total. The molecule has 0 spiro atoms. The molecule has 1 aliphatic rings. The lowest BCUT2D eigenvalue weighted by atomic mass is 9.95. The summed E-state index contributed by atoms with van der Waals surface area (Å²) in [6.45, 7) is 10.8. The molecule has 7 nitrogen and oxygen atoms in total. The Labute approximate surface area is 216 Å². The predicted octanol–water partition coefficient (Wildman–Crippen LogP) is 5.84. The minimum Gasteiger partial charge on any atom is -0.481 e. The van der Waals surface area contributed by atoms with Crippen LogP contribution in [0.25, 0.3) is 17.0 Å². The normalized spacial score (nSPS) is 14.6. The summed E-state index contributed by atoms with van der Waals surface area (Å²) in [7, 11) is -1.32. The number of benzene rings is 1. The molecule has 11 heteroatoms. The van der Waals surface area contributed by atoms with Crippen molar-refractivity contribution in [2.24, 2.45) is 5.41 Å². The minimum absolute atomic E-state index is 0.00796. The van der Waals surface area contributed by atoms with E-state index >= 15 is 0 Å². The van der Waals surface area contributed by atoms with Gasteiger partial charge in [0.05, 0.1) is 5.41 Å². The standard InChI is InChI=1S/C26H34F3N3O4Si/c1-25(2,24(33)34)16-36-22-11-10-20(14-30-22)18-6-8-19(9-7-18)23-31-21(26(27,28)29)15-32(23)17-35-12-13-37(3,4)5/h6-11,15,30H,12-14,16-17H2,1-5H3,(H,33,34). The number of aliphatic carboxylic acids is 1. The zero-order valence-electron chi connectivity index (χ0n) is 21.8. The molecule has 1 aromatic carbocycles. The Balaban J connectivity index is 1.73. The molecule has 3 rings (SSSR count). The number of carboxylic acids is 1. The summed E-state index contributed by atoms with van der Waals surface area (Å²) in [6, 6.07) is 8.05. The molecule has 0 amide bonds. The van der Waals surface area contributed by atoms with Gasteiger partial charge in [0, 0.05) is 33.0 Å². The maximum atomic E-state index is 13.4. The van der Waals surface area contributed by atoms with Crippen LogP contribution in [0.1, 0.15) is 25.1 Å². The molecule has 202 valence electrons. The number of carboxylic acid groups (broad SMARTS) is 1. The summed E-state index contributed by atoms with van der Waals surface area (Å²) < 4.78 is 52.8. The first-order valence-electron chi connectivity index (χ1n) is 12.0. The smallest absolute Gasteiger partial charge is 0.434 e. The van der Waals surface area contributed by atoms with E-state index < -0.39 is 31.3 Å². The Bertz CT molecular complexity index is 1160. The number of hydrogen-bond acceptors (Lipinski definition) is 5. The molecule has 0 radical (unpaired) electrons. The molecule has 2 aromatic rings. The molecule has 0 fully saturated rings. The van der Waals surface area contributed by atoms with E-state index in [1.165, 1.54) is 4.57 Å². The van der Waals surface area contributed by atoms with Gasteiger partial charge in [0.1, 0.15) is 19.2 Å². The van der Waals surface area contributed by atoms with Crippen molar-refractivity contribution in [2.75, 3.05) is 19.8 Å². The number of dihydropyridines is 1. The third-order valence-electron chi connectivity index (χ3n) is 5.86. The second kappa shape index (κ2) is 11.1. The second-order valence-electron chi connectivity index (χ2n) is 10.9. The zero-order chi connectivity index (χ0) is 27.4. The molecular formula is C26H34F3N3O4Si. The molecule has 0 saturated heterocycles. The van der Waals surface area contributed by atoms with Gasteiger partial charge in [-0.1, -0.05) is 50.0 Å². The molecule has 0 saturated carbocycles. The lowest BCUT2D eigenvalue weighted by molar-refractivity contribution is -0.149. The maximum absolute atomic E-state index is 13.4. The summed E-state index contributed by atoms with van der Waals surface area (Å²) in [5.41, 5.74) is 0.416. The average molecular weight is 538 g/mol. The van der Waals surface area contributed by atoms with Crippen molar-refractivity contribution in [3.8, 4) is 11.4 Å². The number of halogens is 3. The number of imidazole rings is 1. The van der Waals surface area contributed by atoms with Crippen LogP contribution in [0.5, 0.6) is 0 Å². The lowest BCUT2D eigenvalue weighted by Gasteiger charge is -2.23. The average Bonchev–Trinajstić information content (AvgIpc) is 3.25. The Morgan fingerprint density at radius 2 is 1.78 bits per heavy atom. The van der Waals surface area contributed by atoms with Crippen LogP contribution in [0, 0.1) is 5.41 Å². The van der Waals surface area contributed by atoms with Crippen molar-refractivity contribution < 1.29 is 32.5 Å². The zero-order valence-corrected chi connectivity index (χ0v) is 22.8. The van der Waals surface area contributed by atoms with Gasteiger partial charge in [-0.25, -0.2) is 4.98 Å². The number of rotatable bonds is 11. The van der Waals surface area contributed by atoms with E-state index in [4.69, 9.17) is 9.47 Å². The highest BCUT2D eigenvalue weighted by Crippen LogP contribution is 2.32. The molecule has 2 heterocycles. The molecule has 0 aliphatic carbocycles. The minimum atomic E-state index is -4.55. The van der Waals surface area contributed by atoms with Gasteiger partial charge in [0.25, 0.3) is 0 Å². The van der Waals surface area contributed by atoms with E-state index in [0.717, 1.165) is 23.4 Å². The fourth-order valence-corrected chi connectivity index (χ4v) is 4.11. The largest absolute Gasteiger partial charge is 0.481 e. The topological polar surface area (TPSA) is 85.6 Å². The fraction of sp³-hybridized carbons (Fsp3) is 0.462. The van der Waals surface area contributed by atoms with Gasteiger partial charge >= 0.3 is 12.1 Å². The van der Waals surface area contributed by atoms with Crippen LogP contribution in [0.15, 0.2) is 48.5 Å². The number of aromatic nitrogens is 2. The first-order chi connectivity index (χ1) is 17.2. The number of carbonyl (C=O) groups is 1. The van der Waals surface area contributed by atoms with E-state index in [2.05, 4.69) is 29.9 Å². The first-order valence-corrected chi connectivity index (χ1v) is 15.7. The quantitative estimate of drug-likeness (QED) is 0.277.